The molecule has 3 heteroatoms. The van der Waals surface area contributed by atoms with Gasteiger partial charge in [-0.2, -0.15) is 0 Å². The van der Waals surface area contributed by atoms with Crippen molar-refractivity contribution in [2.45, 2.75) is 19.4 Å². The molecule has 1 rings (SSSR count). The number of aliphatic hydroxyl groups is 1. The number of carbonyl (C=O) groups excluding carboxylic acids is 1. The van der Waals surface area contributed by atoms with E-state index in [1.54, 1.807) is 31.2 Å². The molecule has 0 spiro atoms. The Balaban J connectivity index is 2.70. The summed E-state index contributed by atoms with van der Waals surface area (Å²) in [5.74, 6) is 5.39. The van der Waals surface area contributed by atoms with Crippen LogP contribution < -0.4 is 0 Å². The molecule has 0 radical (unpaired) electrons. The van der Waals surface area contributed by atoms with Crippen LogP contribution in [0.25, 0.3) is 0 Å². The Hall–Kier alpha value is -1.79. The van der Waals surface area contributed by atoms with E-state index in [0.717, 1.165) is 5.56 Å². The highest BCUT2D eigenvalue weighted by Gasteiger charge is 2.02. The van der Waals surface area contributed by atoms with Gasteiger partial charge in [-0.15, -0.1) is 0 Å². The summed E-state index contributed by atoms with van der Waals surface area (Å²) in [5.41, 5.74) is 1.32. The molecule has 0 amide bonds. The summed E-state index contributed by atoms with van der Waals surface area (Å²) in [6.07, 6.45) is 0.0282. The van der Waals surface area contributed by atoms with Gasteiger partial charge in [-0.25, -0.2) is 4.79 Å². The van der Waals surface area contributed by atoms with E-state index in [-0.39, 0.29) is 5.97 Å². The standard InChI is InChI=1S/C13H14O3/c1-10(14)4-3-5-11-6-8-12(9-7-11)13(15)16-2/h6-10,14H,4H2,1-2H3. The summed E-state index contributed by atoms with van der Waals surface area (Å²) in [5, 5.41) is 9.02. The Labute approximate surface area is 95.1 Å². The van der Waals surface area contributed by atoms with Crippen LogP contribution in [0.15, 0.2) is 24.3 Å². The molecule has 0 heterocycles. The van der Waals surface area contributed by atoms with Crippen molar-refractivity contribution in [1.82, 2.24) is 0 Å². The molecule has 0 fully saturated rings. The Morgan fingerprint density at radius 3 is 2.56 bits per heavy atom. The summed E-state index contributed by atoms with van der Waals surface area (Å²) in [6.45, 7) is 1.69. The minimum absolute atomic E-state index is 0.358. The highest BCUT2D eigenvalue weighted by molar-refractivity contribution is 5.89. The zero-order valence-electron chi connectivity index (χ0n) is 9.36. The molecular formula is C13H14O3. The molecule has 0 saturated heterocycles. The molecule has 0 aliphatic heterocycles. The third-order valence-corrected chi connectivity index (χ3v) is 1.94. The molecular weight excluding hydrogens is 204 g/mol. The van der Waals surface area contributed by atoms with Crippen molar-refractivity contribution in [1.29, 1.82) is 0 Å². The van der Waals surface area contributed by atoms with Crippen molar-refractivity contribution < 1.29 is 14.6 Å². The Morgan fingerprint density at radius 2 is 2.06 bits per heavy atom. The fourth-order valence-corrected chi connectivity index (χ4v) is 1.11. The van der Waals surface area contributed by atoms with Crippen LogP contribution in [-0.4, -0.2) is 24.3 Å². The van der Waals surface area contributed by atoms with Gasteiger partial charge in [0.15, 0.2) is 0 Å². The summed E-state index contributed by atoms with van der Waals surface area (Å²) in [6, 6.07) is 6.83. The average molecular weight is 218 g/mol. The minimum atomic E-state index is -0.415. The van der Waals surface area contributed by atoms with E-state index < -0.39 is 6.10 Å². The van der Waals surface area contributed by atoms with Crippen molar-refractivity contribution >= 4 is 5.97 Å². The van der Waals surface area contributed by atoms with Gasteiger partial charge in [0, 0.05) is 12.0 Å². The molecule has 0 aromatic heterocycles. The lowest BCUT2D eigenvalue weighted by molar-refractivity contribution is 0.0600. The van der Waals surface area contributed by atoms with Crippen LogP contribution in [0.1, 0.15) is 29.3 Å². The number of carbonyl (C=O) groups is 1. The fraction of sp³-hybridized carbons (Fsp3) is 0.308. The van der Waals surface area contributed by atoms with Crippen molar-refractivity contribution in [3.63, 3.8) is 0 Å². The third-order valence-electron chi connectivity index (χ3n) is 1.94. The van der Waals surface area contributed by atoms with Crippen LogP contribution in [0.4, 0.5) is 0 Å². The van der Waals surface area contributed by atoms with E-state index in [9.17, 15) is 4.79 Å². The lowest BCUT2D eigenvalue weighted by Gasteiger charge is -1.98. The maximum absolute atomic E-state index is 11.1. The predicted molar refractivity (Wildman–Crippen MR) is 61.0 cm³/mol. The minimum Gasteiger partial charge on any atom is -0.465 e. The van der Waals surface area contributed by atoms with Gasteiger partial charge in [0.2, 0.25) is 0 Å². The Bertz CT molecular complexity index is 407. The first-order valence-electron chi connectivity index (χ1n) is 4.99. The summed E-state index contributed by atoms with van der Waals surface area (Å²) in [7, 11) is 1.35. The van der Waals surface area contributed by atoms with Gasteiger partial charge in [0.05, 0.1) is 18.8 Å². The van der Waals surface area contributed by atoms with Crippen LogP contribution >= 0.6 is 0 Å². The van der Waals surface area contributed by atoms with Gasteiger partial charge in [-0.3, -0.25) is 0 Å². The topological polar surface area (TPSA) is 46.5 Å². The van der Waals surface area contributed by atoms with Crippen LogP contribution in [0, 0.1) is 11.8 Å². The lowest BCUT2D eigenvalue weighted by Crippen LogP contribution is -2.00. The molecule has 16 heavy (non-hydrogen) atoms. The first-order chi connectivity index (χ1) is 7.63. The van der Waals surface area contributed by atoms with Gasteiger partial charge in [0.1, 0.15) is 0 Å². The maximum atomic E-state index is 11.1. The van der Waals surface area contributed by atoms with Crippen molar-refractivity contribution in [2.75, 3.05) is 7.11 Å². The van der Waals surface area contributed by atoms with Crippen molar-refractivity contribution in [2.24, 2.45) is 0 Å². The van der Waals surface area contributed by atoms with Gasteiger partial charge >= 0.3 is 5.97 Å². The molecule has 0 bridgehead atoms. The highest BCUT2D eigenvalue weighted by atomic mass is 16.5. The van der Waals surface area contributed by atoms with E-state index >= 15 is 0 Å². The van der Waals surface area contributed by atoms with Gasteiger partial charge < -0.3 is 9.84 Å². The zero-order chi connectivity index (χ0) is 12.0. The van der Waals surface area contributed by atoms with E-state index in [1.165, 1.54) is 7.11 Å². The molecule has 1 atom stereocenters. The number of hydrogen-bond donors (Lipinski definition) is 1. The number of ether oxygens (including phenoxy) is 1. The largest absolute Gasteiger partial charge is 0.465 e. The SMILES string of the molecule is COC(=O)c1ccc(C#CCC(C)O)cc1. The highest BCUT2D eigenvalue weighted by Crippen LogP contribution is 2.04. The molecule has 0 saturated carbocycles. The normalized spacial score (nSPS) is 11.2. The van der Waals surface area contributed by atoms with Gasteiger partial charge in [-0.1, -0.05) is 11.8 Å². The smallest absolute Gasteiger partial charge is 0.337 e. The molecule has 0 aliphatic carbocycles. The molecule has 1 aromatic carbocycles. The van der Waals surface area contributed by atoms with Crippen LogP contribution in [0.2, 0.25) is 0 Å². The molecule has 1 unspecified atom stereocenters. The second kappa shape index (κ2) is 5.94. The number of methoxy groups -OCH3 is 1. The summed E-state index contributed by atoms with van der Waals surface area (Å²) in [4.78, 5) is 11.1. The number of benzene rings is 1. The quantitative estimate of drug-likeness (QED) is 0.605. The lowest BCUT2D eigenvalue weighted by atomic mass is 10.1. The van der Waals surface area contributed by atoms with Crippen LogP contribution in [-0.2, 0) is 4.74 Å². The van der Waals surface area contributed by atoms with Gasteiger partial charge in [-0.05, 0) is 31.2 Å². The predicted octanol–water partition coefficient (Wildman–Crippen LogP) is 1.60. The number of esters is 1. The van der Waals surface area contributed by atoms with E-state index in [0.29, 0.717) is 12.0 Å². The summed E-state index contributed by atoms with van der Waals surface area (Å²) < 4.78 is 4.58. The number of hydrogen-bond acceptors (Lipinski definition) is 3. The van der Waals surface area contributed by atoms with E-state index in [2.05, 4.69) is 16.6 Å². The van der Waals surface area contributed by atoms with Crippen molar-refractivity contribution in [3.05, 3.63) is 35.4 Å². The zero-order valence-corrected chi connectivity index (χ0v) is 9.36. The van der Waals surface area contributed by atoms with Crippen LogP contribution in [0.5, 0.6) is 0 Å². The van der Waals surface area contributed by atoms with Crippen LogP contribution in [0.3, 0.4) is 0 Å². The molecule has 0 aliphatic rings. The molecule has 1 N–H and O–H groups in total. The average Bonchev–Trinajstić information content (AvgIpc) is 2.28. The first-order valence-corrected chi connectivity index (χ1v) is 4.99. The monoisotopic (exact) mass is 218 g/mol. The maximum Gasteiger partial charge on any atom is 0.337 e. The number of rotatable bonds is 2. The third kappa shape index (κ3) is 3.76. The van der Waals surface area contributed by atoms with Crippen molar-refractivity contribution in [3.8, 4) is 11.8 Å². The molecule has 1 aromatic rings. The van der Waals surface area contributed by atoms with Gasteiger partial charge in [0.25, 0.3) is 0 Å². The second-order valence-corrected chi connectivity index (χ2v) is 3.42. The molecule has 3 nitrogen and oxygen atoms in total. The van der Waals surface area contributed by atoms with E-state index in [1.807, 2.05) is 0 Å². The first kappa shape index (κ1) is 12.3. The number of aliphatic hydroxyl groups excluding tert-OH is 1. The summed E-state index contributed by atoms with van der Waals surface area (Å²) >= 11 is 0. The Morgan fingerprint density at radius 1 is 1.44 bits per heavy atom. The Kier molecular flexibility index (Phi) is 4.56. The fourth-order valence-electron chi connectivity index (χ4n) is 1.11. The van der Waals surface area contributed by atoms with E-state index in [4.69, 9.17) is 5.11 Å². The molecule has 84 valence electrons. The second-order valence-electron chi connectivity index (χ2n) is 3.42.